The third kappa shape index (κ3) is 5.40. The van der Waals surface area contributed by atoms with Crippen LogP contribution in [0.5, 0.6) is 0 Å². The van der Waals surface area contributed by atoms with E-state index < -0.39 is 28.5 Å². The van der Waals surface area contributed by atoms with Crippen LogP contribution >= 0.6 is 11.6 Å². The number of carbonyl (C=O) groups excluding carboxylic acids is 1. The molecule has 11 heteroatoms. The standard InChI is InChI=1S/C27H18ClF3N4O3/c28-22-10-9-19(14-21(22)27(29,30)31)34-25(36)33-18-7-4-16(5-8-18)17-6-11-23-24(13-17)38-26(37)35(23)15-20-3-1-2-12-32-20/h1-14H,15H2,(H2,33,34,36). The normalized spacial score (nSPS) is 11.5. The lowest BCUT2D eigenvalue weighted by Gasteiger charge is -2.12. The summed E-state index contributed by atoms with van der Waals surface area (Å²) in [5, 5.41) is 4.48. The van der Waals surface area contributed by atoms with Gasteiger partial charge >= 0.3 is 18.0 Å². The Morgan fingerprint density at radius 2 is 1.63 bits per heavy atom. The van der Waals surface area contributed by atoms with Crippen molar-refractivity contribution in [2.45, 2.75) is 12.7 Å². The first-order valence-electron chi connectivity index (χ1n) is 11.3. The molecule has 3 aromatic carbocycles. The van der Waals surface area contributed by atoms with Gasteiger partial charge in [0.25, 0.3) is 0 Å². The first-order valence-corrected chi connectivity index (χ1v) is 11.6. The average molecular weight is 539 g/mol. The van der Waals surface area contributed by atoms with Gasteiger partial charge in [-0.05, 0) is 65.7 Å². The van der Waals surface area contributed by atoms with Gasteiger partial charge in [0.05, 0.1) is 28.3 Å². The van der Waals surface area contributed by atoms with Crippen molar-refractivity contribution in [3.63, 3.8) is 0 Å². The number of oxazole rings is 1. The van der Waals surface area contributed by atoms with Crippen molar-refractivity contribution in [3.8, 4) is 11.1 Å². The van der Waals surface area contributed by atoms with Gasteiger partial charge in [-0.25, -0.2) is 9.59 Å². The van der Waals surface area contributed by atoms with Crippen LogP contribution in [-0.4, -0.2) is 15.6 Å². The molecule has 0 aliphatic carbocycles. The molecule has 38 heavy (non-hydrogen) atoms. The number of carbonyl (C=O) groups is 1. The Kier molecular flexibility index (Phi) is 6.64. The number of hydrogen-bond acceptors (Lipinski definition) is 4. The highest BCUT2D eigenvalue weighted by Crippen LogP contribution is 2.36. The number of amides is 2. The molecule has 7 nitrogen and oxygen atoms in total. The van der Waals surface area contributed by atoms with E-state index in [1.54, 1.807) is 48.7 Å². The van der Waals surface area contributed by atoms with Crippen molar-refractivity contribution in [1.82, 2.24) is 9.55 Å². The molecule has 0 saturated heterocycles. The zero-order valence-corrected chi connectivity index (χ0v) is 20.2. The Labute approximate surface area is 218 Å². The highest BCUT2D eigenvalue weighted by molar-refractivity contribution is 6.31. The quantitative estimate of drug-likeness (QED) is 0.252. The summed E-state index contributed by atoms with van der Waals surface area (Å²) in [5.41, 5.74) is 2.69. The molecule has 0 aliphatic heterocycles. The van der Waals surface area contributed by atoms with E-state index in [2.05, 4.69) is 15.6 Å². The molecule has 0 spiro atoms. The van der Waals surface area contributed by atoms with E-state index in [0.29, 0.717) is 16.8 Å². The number of halogens is 4. The van der Waals surface area contributed by atoms with Crippen LogP contribution in [0, 0.1) is 0 Å². The van der Waals surface area contributed by atoms with Gasteiger partial charge in [-0.15, -0.1) is 0 Å². The number of hydrogen-bond donors (Lipinski definition) is 2. The maximum Gasteiger partial charge on any atom is 0.420 e. The minimum absolute atomic E-state index is 0.0550. The maximum absolute atomic E-state index is 13.0. The number of rotatable bonds is 5. The van der Waals surface area contributed by atoms with Crippen LogP contribution in [0.2, 0.25) is 5.02 Å². The van der Waals surface area contributed by atoms with E-state index >= 15 is 0 Å². The molecular formula is C27H18ClF3N4O3. The molecule has 0 fully saturated rings. The smallest absolute Gasteiger partial charge is 0.408 e. The molecule has 0 aliphatic rings. The van der Waals surface area contributed by atoms with Gasteiger partial charge in [-0.3, -0.25) is 9.55 Å². The minimum Gasteiger partial charge on any atom is -0.408 e. The number of pyridine rings is 1. The van der Waals surface area contributed by atoms with Crippen LogP contribution in [0.4, 0.5) is 29.3 Å². The highest BCUT2D eigenvalue weighted by Gasteiger charge is 2.33. The minimum atomic E-state index is -4.64. The van der Waals surface area contributed by atoms with Gasteiger partial charge < -0.3 is 15.1 Å². The van der Waals surface area contributed by atoms with Gasteiger partial charge in [-0.2, -0.15) is 13.2 Å². The molecule has 5 rings (SSSR count). The van der Waals surface area contributed by atoms with Crippen LogP contribution in [0.25, 0.3) is 22.2 Å². The van der Waals surface area contributed by atoms with Gasteiger partial charge in [0, 0.05) is 17.6 Å². The molecule has 0 unspecified atom stereocenters. The van der Waals surface area contributed by atoms with E-state index in [0.717, 1.165) is 29.0 Å². The second kappa shape index (κ2) is 10.1. The monoisotopic (exact) mass is 538 g/mol. The Balaban J connectivity index is 1.29. The SMILES string of the molecule is O=C(Nc1ccc(-c2ccc3c(c2)oc(=O)n3Cc2ccccn2)cc1)Nc1ccc(Cl)c(C(F)(F)F)c1. The molecule has 0 bridgehead atoms. The van der Waals surface area contributed by atoms with Gasteiger partial charge in [0.2, 0.25) is 0 Å². The summed E-state index contributed by atoms with van der Waals surface area (Å²) in [6.45, 7) is 0.280. The maximum atomic E-state index is 13.0. The highest BCUT2D eigenvalue weighted by atomic mass is 35.5. The first-order chi connectivity index (χ1) is 18.2. The van der Waals surface area contributed by atoms with E-state index in [-0.39, 0.29) is 12.2 Å². The fourth-order valence-electron chi connectivity index (χ4n) is 3.91. The summed E-state index contributed by atoms with van der Waals surface area (Å²) in [5.74, 6) is -0.489. The lowest BCUT2D eigenvalue weighted by atomic mass is 10.0. The fraction of sp³-hybridized carbons (Fsp3) is 0.0741. The summed E-state index contributed by atoms with van der Waals surface area (Å²) in [7, 11) is 0. The molecule has 2 N–H and O–H groups in total. The lowest BCUT2D eigenvalue weighted by molar-refractivity contribution is -0.137. The summed E-state index contributed by atoms with van der Waals surface area (Å²) in [6, 6.07) is 20.0. The number of urea groups is 1. The number of nitrogens with zero attached hydrogens (tertiary/aromatic N) is 2. The summed E-state index contributed by atoms with van der Waals surface area (Å²) < 4.78 is 46.1. The van der Waals surface area contributed by atoms with Crippen molar-refractivity contribution < 1.29 is 22.4 Å². The first kappa shape index (κ1) is 25.1. The summed E-state index contributed by atoms with van der Waals surface area (Å²) in [4.78, 5) is 29.0. The zero-order chi connectivity index (χ0) is 26.9. The average Bonchev–Trinajstić information content (AvgIpc) is 3.19. The topological polar surface area (TPSA) is 89.2 Å². The second-order valence-electron chi connectivity index (χ2n) is 8.31. The van der Waals surface area contributed by atoms with Crippen LogP contribution in [0.3, 0.4) is 0 Å². The van der Waals surface area contributed by atoms with Gasteiger partial charge in [0.15, 0.2) is 5.58 Å². The predicted molar refractivity (Wildman–Crippen MR) is 138 cm³/mol. The number of fused-ring (bicyclic) bond motifs is 1. The van der Waals surface area contributed by atoms with Crippen molar-refractivity contribution in [1.29, 1.82) is 0 Å². The van der Waals surface area contributed by atoms with E-state index in [9.17, 15) is 22.8 Å². The van der Waals surface area contributed by atoms with E-state index in [4.69, 9.17) is 16.0 Å². The van der Waals surface area contributed by atoms with Crippen LogP contribution in [0.15, 0.2) is 94.3 Å². The molecule has 2 heterocycles. The number of benzene rings is 3. The summed E-state index contributed by atoms with van der Waals surface area (Å²) in [6.07, 6.45) is -2.99. The Hall–Kier alpha value is -4.57. The number of nitrogens with one attached hydrogen (secondary N) is 2. The van der Waals surface area contributed by atoms with Crippen molar-refractivity contribution in [3.05, 3.63) is 112 Å². The van der Waals surface area contributed by atoms with Crippen molar-refractivity contribution >= 4 is 40.1 Å². The predicted octanol–water partition coefficient (Wildman–Crippen LogP) is 7.02. The largest absolute Gasteiger partial charge is 0.420 e. The number of alkyl halides is 3. The fourth-order valence-corrected chi connectivity index (χ4v) is 4.13. The third-order valence-electron chi connectivity index (χ3n) is 5.72. The molecule has 5 aromatic rings. The Bertz CT molecular complexity index is 1680. The Morgan fingerprint density at radius 3 is 2.34 bits per heavy atom. The van der Waals surface area contributed by atoms with Crippen molar-refractivity contribution in [2.75, 3.05) is 10.6 Å². The number of anilines is 2. The van der Waals surface area contributed by atoms with Crippen LogP contribution in [-0.2, 0) is 12.7 Å². The molecule has 0 atom stereocenters. The lowest BCUT2D eigenvalue weighted by Crippen LogP contribution is -2.19. The second-order valence-corrected chi connectivity index (χ2v) is 8.71. The van der Waals surface area contributed by atoms with Gasteiger partial charge in [0.1, 0.15) is 0 Å². The molecular weight excluding hydrogens is 521 g/mol. The van der Waals surface area contributed by atoms with Crippen LogP contribution < -0.4 is 16.4 Å². The zero-order valence-electron chi connectivity index (χ0n) is 19.4. The number of aromatic nitrogens is 2. The molecule has 2 aromatic heterocycles. The molecule has 0 saturated carbocycles. The molecule has 0 radical (unpaired) electrons. The van der Waals surface area contributed by atoms with Crippen molar-refractivity contribution in [2.24, 2.45) is 0 Å². The molecule has 2 amide bonds. The van der Waals surface area contributed by atoms with E-state index in [1.807, 2.05) is 18.2 Å². The Morgan fingerprint density at radius 1 is 0.921 bits per heavy atom. The summed E-state index contributed by atoms with van der Waals surface area (Å²) >= 11 is 5.61. The molecule has 192 valence electrons. The van der Waals surface area contributed by atoms with Gasteiger partial charge in [-0.1, -0.05) is 35.9 Å². The van der Waals surface area contributed by atoms with E-state index in [1.165, 1.54) is 10.6 Å². The third-order valence-corrected chi connectivity index (χ3v) is 6.05. The van der Waals surface area contributed by atoms with Crippen LogP contribution in [0.1, 0.15) is 11.3 Å².